The zero-order chi connectivity index (χ0) is 6.95. The van der Waals surface area contributed by atoms with Gasteiger partial charge in [-0.05, 0) is 32.9 Å². The van der Waals surface area contributed by atoms with Crippen LogP contribution < -0.4 is 5.32 Å². The zero-order valence-corrected chi connectivity index (χ0v) is 6.44. The van der Waals surface area contributed by atoms with Crippen molar-refractivity contribution in [3.05, 3.63) is 0 Å². The highest BCUT2D eigenvalue weighted by atomic mass is 16.5. The van der Waals surface area contributed by atoms with Crippen LogP contribution in [0.1, 0.15) is 19.8 Å². The predicted octanol–water partition coefficient (Wildman–Crippen LogP) is 1.02. The quantitative estimate of drug-likeness (QED) is 0.573. The van der Waals surface area contributed by atoms with Crippen molar-refractivity contribution in [2.75, 3.05) is 26.8 Å². The first-order valence-corrected chi connectivity index (χ1v) is 3.61. The van der Waals surface area contributed by atoms with Crippen molar-refractivity contribution in [3.8, 4) is 0 Å². The van der Waals surface area contributed by atoms with Gasteiger partial charge >= 0.3 is 0 Å². The molecule has 0 saturated carbocycles. The van der Waals surface area contributed by atoms with E-state index in [1.807, 2.05) is 6.92 Å². The summed E-state index contributed by atoms with van der Waals surface area (Å²) in [4.78, 5) is 0. The summed E-state index contributed by atoms with van der Waals surface area (Å²) in [7, 11) is 1.68. The summed E-state index contributed by atoms with van der Waals surface area (Å²) in [6.45, 7) is 5.28. The maximum absolute atomic E-state index is 4.54. The number of methoxy groups -OCH3 is 1. The highest BCUT2D eigenvalue weighted by Crippen LogP contribution is 1.90. The molecule has 0 bridgehead atoms. The molecule has 9 heavy (non-hydrogen) atoms. The molecular formula is C7H17NO. The topological polar surface area (TPSA) is 21.3 Å². The molecular weight excluding hydrogens is 114 g/mol. The molecule has 0 unspecified atom stereocenters. The Morgan fingerprint density at radius 1 is 1.33 bits per heavy atom. The van der Waals surface area contributed by atoms with Crippen molar-refractivity contribution in [3.63, 3.8) is 0 Å². The van der Waals surface area contributed by atoms with Gasteiger partial charge in [0.1, 0.15) is 0 Å². The van der Waals surface area contributed by atoms with E-state index in [2.05, 4.69) is 10.1 Å². The maximum Gasteiger partial charge on any atom is 0.0433 e. The van der Waals surface area contributed by atoms with Gasteiger partial charge in [0, 0.05) is 13.7 Å². The number of rotatable bonds is 1. The van der Waals surface area contributed by atoms with Gasteiger partial charge in [-0.15, -0.1) is 0 Å². The lowest BCUT2D eigenvalue weighted by atomic mass is 10.4. The first-order chi connectivity index (χ1) is 4.41. The molecule has 0 radical (unpaired) electrons. The Morgan fingerprint density at radius 2 is 1.78 bits per heavy atom. The largest absolute Gasteiger partial charge is 0.385 e. The number of hydrogen-bond acceptors (Lipinski definition) is 2. The average Bonchev–Trinajstić information content (AvgIpc) is 2.43. The third-order valence-electron chi connectivity index (χ3n) is 1.25. The van der Waals surface area contributed by atoms with Crippen LogP contribution in [0.15, 0.2) is 0 Å². The van der Waals surface area contributed by atoms with Gasteiger partial charge in [0.15, 0.2) is 0 Å². The second-order valence-corrected chi connectivity index (χ2v) is 2.03. The van der Waals surface area contributed by atoms with Crippen molar-refractivity contribution >= 4 is 0 Å². The Balaban J connectivity index is 0.000000148. The second-order valence-electron chi connectivity index (χ2n) is 2.03. The van der Waals surface area contributed by atoms with Crippen LogP contribution in [0, 0.1) is 0 Å². The van der Waals surface area contributed by atoms with E-state index in [-0.39, 0.29) is 0 Å². The van der Waals surface area contributed by atoms with Crippen LogP contribution in [0.3, 0.4) is 0 Å². The minimum atomic E-state index is 0.819. The van der Waals surface area contributed by atoms with Gasteiger partial charge < -0.3 is 10.1 Å². The van der Waals surface area contributed by atoms with Gasteiger partial charge in [0.2, 0.25) is 0 Å². The minimum absolute atomic E-state index is 0.819. The zero-order valence-electron chi connectivity index (χ0n) is 6.44. The monoisotopic (exact) mass is 131 g/mol. The number of nitrogens with one attached hydrogen (secondary N) is 1. The number of hydrogen-bond donors (Lipinski definition) is 1. The van der Waals surface area contributed by atoms with Crippen molar-refractivity contribution in [1.29, 1.82) is 0 Å². The minimum Gasteiger partial charge on any atom is -0.385 e. The maximum atomic E-state index is 4.54. The summed E-state index contributed by atoms with van der Waals surface area (Å²) in [6, 6.07) is 0. The predicted molar refractivity (Wildman–Crippen MR) is 39.7 cm³/mol. The smallest absolute Gasteiger partial charge is 0.0433 e. The van der Waals surface area contributed by atoms with E-state index in [1.54, 1.807) is 7.11 Å². The first kappa shape index (κ1) is 8.92. The fourth-order valence-corrected chi connectivity index (χ4v) is 0.625. The second kappa shape index (κ2) is 7.92. The Labute approximate surface area is 57.6 Å². The summed E-state index contributed by atoms with van der Waals surface area (Å²) in [5.41, 5.74) is 0. The third-order valence-corrected chi connectivity index (χ3v) is 1.25. The molecule has 2 heteroatoms. The highest BCUT2D eigenvalue weighted by Gasteiger charge is 1.93. The Kier molecular flexibility index (Phi) is 7.85. The molecule has 0 atom stereocenters. The summed E-state index contributed by atoms with van der Waals surface area (Å²) >= 11 is 0. The summed E-state index contributed by atoms with van der Waals surface area (Å²) in [5, 5.41) is 3.22. The van der Waals surface area contributed by atoms with Crippen molar-refractivity contribution in [1.82, 2.24) is 5.32 Å². The van der Waals surface area contributed by atoms with Crippen molar-refractivity contribution in [2.45, 2.75) is 19.8 Å². The van der Waals surface area contributed by atoms with Gasteiger partial charge in [-0.25, -0.2) is 0 Å². The first-order valence-electron chi connectivity index (χ1n) is 3.61. The van der Waals surface area contributed by atoms with Gasteiger partial charge in [0.25, 0.3) is 0 Å². The lowest BCUT2D eigenvalue weighted by molar-refractivity contribution is 0.215. The molecule has 0 aromatic heterocycles. The summed E-state index contributed by atoms with van der Waals surface area (Å²) in [5.74, 6) is 0. The van der Waals surface area contributed by atoms with E-state index >= 15 is 0 Å². The average molecular weight is 131 g/mol. The van der Waals surface area contributed by atoms with E-state index < -0.39 is 0 Å². The lowest BCUT2D eigenvalue weighted by Gasteiger charge is -1.76. The van der Waals surface area contributed by atoms with Crippen LogP contribution in [0.2, 0.25) is 0 Å². The van der Waals surface area contributed by atoms with Crippen LogP contribution in [0.4, 0.5) is 0 Å². The molecule has 56 valence electrons. The fourth-order valence-electron chi connectivity index (χ4n) is 0.625. The van der Waals surface area contributed by atoms with Crippen LogP contribution in [0.5, 0.6) is 0 Å². The van der Waals surface area contributed by atoms with Crippen molar-refractivity contribution in [2.24, 2.45) is 0 Å². The van der Waals surface area contributed by atoms with Gasteiger partial charge in [-0.3, -0.25) is 0 Å². The molecule has 0 aromatic carbocycles. The Hall–Kier alpha value is -0.0800. The van der Waals surface area contributed by atoms with E-state index in [0.29, 0.717) is 0 Å². The van der Waals surface area contributed by atoms with E-state index in [9.17, 15) is 0 Å². The van der Waals surface area contributed by atoms with E-state index in [1.165, 1.54) is 25.9 Å². The highest BCUT2D eigenvalue weighted by molar-refractivity contribution is 4.55. The molecule has 1 aliphatic rings. The normalized spacial score (nSPS) is 16.7. The molecule has 1 heterocycles. The molecule has 0 spiro atoms. The van der Waals surface area contributed by atoms with Crippen LogP contribution in [-0.2, 0) is 4.74 Å². The van der Waals surface area contributed by atoms with E-state index in [4.69, 9.17) is 0 Å². The van der Waals surface area contributed by atoms with Crippen LogP contribution in [-0.4, -0.2) is 26.8 Å². The SMILES string of the molecule is C1CCNC1.CCOC. The van der Waals surface area contributed by atoms with Crippen LogP contribution in [0.25, 0.3) is 0 Å². The Bertz CT molecular complexity index is 34.6. The molecule has 2 nitrogen and oxygen atoms in total. The van der Waals surface area contributed by atoms with Crippen LogP contribution >= 0.6 is 0 Å². The van der Waals surface area contributed by atoms with Gasteiger partial charge in [-0.1, -0.05) is 0 Å². The summed E-state index contributed by atoms with van der Waals surface area (Å²) < 4.78 is 4.54. The molecule has 1 saturated heterocycles. The number of ether oxygens (including phenoxy) is 1. The van der Waals surface area contributed by atoms with Gasteiger partial charge in [0.05, 0.1) is 0 Å². The molecule has 0 amide bonds. The molecule has 1 N–H and O–H groups in total. The van der Waals surface area contributed by atoms with Gasteiger partial charge in [-0.2, -0.15) is 0 Å². The van der Waals surface area contributed by atoms with E-state index in [0.717, 1.165) is 6.61 Å². The molecule has 0 aliphatic carbocycles. The Morgan fingerprint density at radius 3 is 1.89 bits per heavy atom. The lowest BCUT2D eigenvalue weighted by Crippen LogP contribution is -2.03. The fraction of sp³-hybridized carbons (Fsp3) is 1.00. The molecule has 1 aliphatic heterocycles. The molecule has 0 aromatic rings. The van der Waals surface area contributed by atoms with Crippen molar-refractivity contribution < 1.29 is 4.74 Å². The molecule has 1 fully saturated rings. The molecule has 1 rings (SSSR count). The standard InChI is InChI=1S/C4H9N.C3H8O/c1-2-4-5-3-1;1-3-4-2/h5H,1-4H2;3H2,1-2H3. The summed E-state index contributed by atoms with van der Waals surface area (Å²) in [6.07, 6.45) is 2.78. The third kappa shape index (κ3) is 7.92.